The van der Waals surface area contributed by atoms with Crippen LogP contribution < -0.4 is 5.43 Å². The maximum Gasteiger partial charge on any atom is 0.422 e. The highest BCUT2D eigenvalue weighted by Crippen LogP contribution is 2.30. The molecule has 0 saturated heterocycles. The van der Waals surface area contributed by atoms with Gasteiger partial charge in [-0.2, -0.15) is 5.01 Å². The van der Waals surface area contributed by atoms with Crippen molar-refractivity contribution in [3.8, 4) is 11.5 Å². The highest BCUT2D eigenvalue weighted by atomic mass is 16.6. The Hall–Kier alpha value is -4.82. The largest absolute Gasteiger partial charge is 0.504 e. The summed E-state index contributed by atoms with van der Waals surface area (Å²) in [5, 5.41) is 21.4. The molecule has 0 spiro atoms. The van der Waals surface area contributed by atoms with Crippen LogP contribution in [0, 0.1) is 0 Å². The summed E-state index contributed by atoms with van der Waals surface area (Å²) < 4.78 is 11.2. The molecule has 40 heavy (non-hydrogen) atoms. The van der Waals surface area contributed by atoms with Gasteiger partial charge in [-0.1, -0.05) is 97.1 Å². The van der Waals surface area contributed by atoms with Crippen LogP contribution in [0.15, 0.2) is 109 Å². The van der Waals surface area contributed by atoms with E-state index < -0.39 is 17.6 Å². The number of nitrogens with zero attached hydrogens (tertiary/aromatic N) is 1. The Balaban J connectivity index is 1.63. The minimum absolute atomic E-state index is 0.0354. The Morgan fingerprint density at radius 2 is 1.23 bits per heavy atom. The van der Waals surface area contributed by atoms with Crippen molar-refractivity contribution >= 4 is 12.1 Å². The highest BCUT2D eigenvalue weighted by molar-refractivity contribution is 5.81. The Labute approximate surface area is 233 Å². The molecule has 1 atom stereocenters. The van der Waals surface area contributed by atoms with Crippen LogP contribution >= 0.6 is 0 Å². The van der Waals surface area contributed by atoms with Gasteiger partial charge >= 0.3 is 12.1 Å². The first-order valence-corrected chi connectivity index (χ1v) is 12.8. The number of amides is 1. The van der Waals surface area contributed by atoms with E-state index in [1.165, 1.54) is 17.1 Å². The minimum atomic E-state index is -1.44. The van der Waals surface area contributed by atoms with E-state index in [1.54, 1.807) is 13.0 Å². The van der Waals surface area contributed by atoms with Gasteiger partial charge in [-0.15, -0.1) is 0 Å². The molecule has 3 N–H and O–H groups in total. The van der Waals surface area contributed by atoms with Gasteiger partial charge in [0.2, 0.25) is 0 Å². The van der Waals surface area contributed by atoms with Crippen LogP contribution in [0.25, 0.3) is 0 Å². The maximum absolute atomic E-state index is 13.8. The molecular formula is C32H32N2O6. The molecule has 0 heterocycles. The van der Waals surface area contributed by atoms with E-state index in [4.69, 9.17) is 9.47 Å². The van der Waals surface area contributed by atoms with Crippen LogP contribution in [-0.4, -0.2) is 32.8 Å². The minimum Gasteiger partial charge on any atom is -0.504 e. The van der Waals surface area contributed by atoms with Crippen molar-refractivity contribution < 1.29 is 29.3 Å². The van der Waals surface area contributed by atoms with Crippen molar-refractivity contribution in [2.75, 3.05) is 0 Å². The molecule has 4 rings (SSSR count). The Kier molecular flexibility index (Phi) is 9.38. The molecule has 4 aromatic rings. The molecule has 0 fully saturated rings. The second kappa shape index (κ2) is 13.3. The molecule has 0 bridgehead atoms. The molecule has 0 radical (unpaired) electrons. The lowest BCUT2D eigenvalue weighted by Crippen LogP contribution is -2.61. The number of rotatable bonds is 11. The second-order valence-electron chi connectivity index (χ2n) is 9.58. The third-order valence-electron chi connectivity index (χ3n) is 6.46. The van der Waals surface area contributed by atoms with Gasteiger partial charge in [0.25, 0.3) is 0 Å². The number of carbonyl (C=O) groups excluding carboxylic acids is 2. The van der Waals surface area contributed by atoms with Crippen molar-refractivity contribution in [2.45, 2.75) is 38.6 Å². The fourth-order valence-corrected chi connectivity index (χ4v) is 4.20. The first-order chi connectivity index (χ1) is 19.3. The van der Waals surface area contributed by atoms with Crippen molar-refractivity contribution in [3.63, 3.8) is 0 Å². The molecule has 4 aromatic carbocycles. The number of phenolic OH excluding ortho intramolecular Hbond substituents is 2. The predicted molar refractivity (Wildman–Crippen MR) is 150 cm³/mol. The lowest BCUT2D eigenvalue weighted by Gasteiger charge is -2.39. The summed E-state index contributed by atoms with van der Waals surface area (Å²) in [6.45, 7) is 1.90. The molecule has 0 saturated carbocycles. The lowest BCUT2D eigenvalue weighted by atomic mass is 9.91. The number of hydrogen-bond donors (Lipinski definition) is 3. The lowest BCUT2D eigenvalue weighted by molar-refractivity contribution is -0.161. The number of nitrogens with one attached hydrogen (secondary N) is 1. The van der Waals surface area contributed by atoms with Gasteiger partial charge in [0.1, 0.15) is 18.8 Å². The van der Waals surface area contributed by atoms with Crippen LogP contribution in [0.3, 0.4) is 0 Å². The highest BCUT2D eigenvalue weighted by Gasteiger charge is 2.43. The van der Waals surface area contributed by atoms with E-state index in [-0.39, 0.29) is 37.7 Å². The number of aromatic hydroxyl groups is 2. The van der Waals surface area contributed by atoms with Crippen molar-refractivity contribution in [3.05, 3.63) is 131 Å². The Morgan fingerprint density at radius 3 is 1.77 bits per heavy atom. The van der Waals surface area contributed by atoms with Crippen LogP contribution in [-0.2, 0) is 40.4 Å². The maximum atomic E-state index is 13.8. The van der Waals surface area contributed by atoms with Gasteiger partial charge < -0.3 is 19.7 Å². The summed E-state index contributed by atoms with van der Waals surface area (Å²) in [7, 11) is 0. The molecule has 1 amide bonds. The van der Waals surface area contributed by atoms with E-state index in [9.17, 15) is 19.8 Å². The summed E-state index contributed by atoms with van der Waals surface area (Å²) in [5.74, 6) is -1.19. The quantitative estimate of drug-likeness (QED) is 0.131. The van der Waals surface area contributed by atoms with Crippen molar-refractivity contribution in [2.24, 2.45) is 0 Å². The molecule has 0 aliphatic carbocycles. The number of carbonyl (C=O) groups is 2. The van der Waals surface area contributed by atoms with Crippen LogP contribution in [0.1, 0.15) is 29.2 Å². The Bertz CT molecular complexity index is 1400. The number of ether oxygens (including phenoxy) is 2. The van der Waals surface area contributed by atoms with E-state index in [0.717, 1.165) is 16.7 Å². The summed E-state index contributed by atoms with van der Waals surface area (Å²) in [5.41, 5.74) is 4.33. The molecule has 0 aliphatic heterocycles. The zero-order valence-corrected chi connectivity index (χ0v) is 22.2. The van der Waals surface area contributed by atoms with Gasteiger partial charge in [-0.05, 0) is 41.3 Å². The number of phenols is 2. The Morgan fingerprint density at radius 1 is 0.700 bits per heavy atom. The zero-order valence-electron chi connectivity index (χ0n) is 22.2. The first kappa shape index (κ1) is 28.2. The van der Waals surface area contributed by atoms with E-state index in [1.807, 2.05) is 91.0 Å². The summed E-state index contributed by atoms with van der Waals surface area (Å²) in [6, 6.07) is 32.3. The van der Waals surface area contributed by atoms with Gasteiger partial charge in [-0.25, -0.2) is 9.59 Å². The summed E-state index contributed by atoms with van der Waals surface area (Å²) in [6.07, 6.45) is -0.698. The summed E-state index contributed by atoms with van der Waals surface area (Å²) >= 11 is 0. The van der Waals surface area contributed by atoms with Crippen molar-refractivity contribution in [1.82, 2.24) is 10.4 Å². The van der Waals surface area contributed by atoms with Gasteiger partial charge in [0.05, 0.1) is 0 Å². The fourth-order valence-electron chi connectivity index (χ4n) is 4.20. The van der Waals surface area contributed by atoms with E-state index in [2.05, 4.69) is 5.43 Å². The molecule has 8 heteroatoms. The average Bonchev–Trinajstić information content (AvgIpc) is 2.98. The third-order valence-corrected chi connectivity index (χ3v) is 6.46. The van der Waals surface area contributed by atoms with E-state index in [0.29, 0.717) is 5.56 Å². The van der Waals surface area contributed by atoms with Crippen LogP contribution in [0.4, 0.5) is 4.79 Å². The molecule has 8 nitrogen and oxygen atoms in total. The smallest absolute Gasteiger partial charge is 0.422 e. The van der Waals surface area contributed by atoms with Crippen LogP contribution in [0.5, 0.6) is 11.5 Å². The topological polar surface area (TPSA) is 108 Å². The molecule has 206 valence electrons. The number of hydrazine groups is 1. The predicted octanol–water partition coefficient (Wildman–Crippen LogP) is 5.49. The van der Waals surface area contributed by atoms with E-state index >= 15 is 0 Å². The number of esters is 1. The number of benzene rings is 4. The normalized spacial score (nSPS) is 12.3. The van der Waals surface area contributed by atoms with Crippen molar-refractivity contribution in [1.29, 1.82) is 0 Å². The molecule has 0 aromatic heterocycles. The fraction of sp³-hybridized carbons (Fsp3) is 0.188. The molecule has 0 aliphatic rings. The monoisotopic (exact) mass is 540 g/mol. The average molecular weight is 541 g/mol. The standard InChI is InChI=1S/C32H32N2O6/c1-32(20-27-17-18-28(35)29(36)19-27,30(37)39-22-25-13-7-3-8-14-25)34(21-24-11-5-2-6-12-24)33-31(38)40-23-26-15-9-4-10-16-26/h2-19,35-36H,20-23H2,1H3,(H,33,38)/t32-/m0/s1. The van der Waals surface area contributed by atoms with Gasteiger partial charge in [-0.3, -0.25) is 5.43 Å². The SMILES string of the molecule is C[C@](Cc1ccc(O)c(O)c1)(C(=O)OCc1ccccc1)N(Cc1ccccc1)NC(=O)OCc1ccccc1. The zero-order chi connectivity index (χ0) is 28.4. The van der Waals surface area contributed by atoms with Gasteiger partial charge in [0.15, 0.2) is 11.5 Å². The molecule has 0 unspecified atom stereocenters. The second-order valence-corrected chi connectivity index (χ2v) is 9.58. The van der Waals surface area contributed by atoms with Crippen LogP contribution in [0.2, 0.25) is 0 Å². The van der Waals surface area contributed by atoms with Gasteiger partial charge in [0, 0.05) is 13.0 Å². The number of hydrogen-bond acceptors (Lipinski definition) is 7. The third kappa shape index (κ3) is 7.61. The first-order valence-electron chi connectivity index (χ1n) is 12.8. The summed E-state index contributed by atoms with van der Waals surface area (Å²) in [4.78, 5) is 26.8. The molecular weight excluding hydrogens is 508 g/mol.